The van der Waals surface area contributed by atoms with Crippen molar-refractivity contribution in [3.8, 4) is 0 Å². The fraction of sp³-hybridized carbons (Fsp3) is 0.538. The molecule has 0 aliphatic rings. The van der Waals surface area contributed by atoms with Crippen molar-refractivity contribution in [2.24, 2.45) is 5.73 Å². The molecular weight excluding hydrogens is 219 g/mol. The number of nitrogens with zero attached hydrogens (tertiary/aromatic N) is 1. The van der Waals surface area contributed by atoms with Gasteiger partial charge >= 0.3 is 0 Å². The number of hydrogen-bond acceptors (Lipinski definition) is 3. The molecule has 17 heavy (non-hydrogen) atoms. The molecule has 0 aliphatic heterocycles. The normalized spacial score (nSPS) is 10.6. The average molecular weight is 240 g/mol. The molecule has 96 valence electrons. The Labute approximate surface area is 102 Å². The SMILES string of the molecule is CCOCCN(CC)c1cc(F)cc(CN)c1. The van der Waals surface area contributed by atoms with Crippen LogP contribution >= 0.6 is 0 Å². The van der Waals surface area contributed by atoms with Crippen LogP contribution < -0.4 is 10.6 Å². The number of benzene rings is 1. The zero-order chi connectivity index (χ0) is 12.7. The molecule has 0 atom stereocenters. The predicted octanol–water partition coefficient (Wildman–Crippen LogP) is 2.15. The van der Waals surface area contributed by atoms with E-state index < -0.39 is 0 Å². The molecular formula is C13H21FN2O. The van der Waals surface area contributed by atoms with E-state index in [9.17, 15) is 4.39 Å². The van der Waals surface area contributed by atoms with Crippen molar-refractivity contribution in [2.75, 3.05) is 31.2 Å². The van der Waals surface area contributed by atoms with Crippen LogP contribution in [0, 0.1) is 5.82 Å². The van der Waals surface area contributed by atoms with Gasteiger partial charge in [0.15, 0.2) is 0 Å². The maximum Gasteiger partial charge on any atom is 0.125 e. The molecule has 0 heterocycles. The third-order valence-corrected chi connectivity index (χ3v) is 2.63. The van der Waals surface area contributed by atoms with Gasteiger partial charge in [0.05, 0.1) is 6.61 Å². The Kier molecular flexibility index (Phi) is 5.94. The van der Waals surface area contributed by atoms with Crippen molar-refractivity contribution in [1.29, 1.82) is 0 Å². The second-order valence-electron chi connectivity index (χ2n) is 3.80. The van der Waals surface area contributed by atoms with E-state index in [4.69, 9.17) is 10.5 Å². The van der Waals surface area contributed by atoms with E-state index >= 15 is 0 Å². The summed E-state index contributed by atoms with van der Waals surface area (Å²) in [5, 5.41) is 0. The minimum Gasteiger partial charge on any atom is -0.380 e. The first-order valence-corrected chi connectivity index (χ1v) is 6.03. The number of rotatable bonds is 7. The van der Waals surface area contributed by atoms with Crippen LogP contribution in [0.5, 0.6) is 0 Å². The number of halogens is 1. The molecule has 0 aliphatic carbocycles. The Morgan fingerprint density at radius 3 is 2.65 bits per heavy atom. The Balaban J connectivity index is 2.76. The third kappa shape index (κ3) is 4.32. The van der Waals surface area contributed by atoms with Crippen LogP contribution in [-0.2, 0) is 11.3 Å². The highest BCUT2D eigenvalue weighted by atomic mass is 19.1. The van der Waals surface area contributed by atoms with Crippen LogP contribution in [0.2, 0.25) is 0 Å². The van der Waals surface area contributed by atoms with Gasteiger partial charge in [-0.3, -0.25) is 0 Å². The van der Waals surface area contributed by atoms with Crippen molar-refractivity contribution >= 4 is 5.69 Å². The molecule has 0 saturated carbocycles. The summed E-state index contributed by atoms with van der Waals surface area (Å²) in [5.74, 6) is -0.238. The summed E-state index contributed by atoms with van der Waals surface area (Å²) in [5.41, 5.74) is 7.22. The van der Waals surface area contributed by atoms with Gasteiger partial charge < -0.3 is 15.4 Å². The van der Waals surface area contributed by atoms with Gasteiger partial charge in [-0.15, -0.1) is 0 Å². The van der Waals surface area contributed by atoms with E-state index in [0.717, 1.165) is 24.3 Å². The summed E-state index contributed by atoms with van der Waals surface area (Å²) in [6.45, 7) is 7.30. The Morgan fingerprint density at radius 2 is 2.06 bits per heavy atom. The topological polar surface area (TPSA) is 38.5 Å². The lowest BCUT2D eigenvalue weighted by Gasteiger charge is -2.23. The lowest BCUT2D eigenvalue weighted by Crippen LogP contribution is -2.27. The molecule has 0 spiro atoms. The maximum atomic E-state index is 13.4. The molecule has 0 aromatic heterocycles. The van der Waals surface area contributed by atoms with Crippen LogP contribution in [-0.4, -0.2) is 26.3 Å². The van der Waals surface area contributed by atoms with Gasteiger partial charge in [0.1, 0.15) is 5.82 Å². The van der Waals surface area contributed by atoms with Crippen molar-refractivity contribution in [3.05, 3.63) is 29.6 Å². The lowest BCUT2D eigenvalue weighted by atomic mass is 10.2. The molecule has 0 radical (unpaired) electrons. The summed E-state index contributed by atoms with van der Waals surface area (Å²) < 4.78 is 18.7. The first-order valence-electron chi connectivity index (χ1n) is 6.03. The van der Waals surface area contributed by atoms with E-state index in [1.165, 1.54) is 12.1 Å². The lowest BCUT2D eigenvalue weighted by molar-refractivity contribution is 0.154. The molecule has 1 rings (SSSR count). The zero-order valence-corrected chi connectivity index (χ0v) is 10.6. The van der Waals surface area contributed by atoms with Gasteiger partial charge in [0, 0.05) is 31.9 Å². The van der Waals surface area contributed by atoms with Gasteiger partial charge in [0.2, 0.25) is 0 Å². The highest BCUT2D eigenvalue weighted by Gasteiger charge is 2.07. The van der Waals surface area contributed by atoms with E-state index in [1.807, 2.05) is 19.9 Å². The minimum absolute atomic E-state index is 0.238. The molecule has 1 aromatic carbocycles. The highest BCUT2D eigenvalue weighted by molar-refractivity contribution is 5.49. The summed E-state index contributed by atoms with van der Waals surface area (Å²) in [6, 6.07) is 4.94. The van der Waals surface area contributed by atoms with Crippen LogP contribution in [0.25, 0.3) is 0 Å². The predicted molar refractivity (Wildman–Crippen MR) is 68.7 cm³/mol. The summed E-state index contributed by atoms with van der Waals surface area (Å²) >= 11 is 0. The van der Waals surface area contributed by atoms with E-state index in [-0.39, 0.29) is 5.82 Å². The average Bonchev–Trinajstić information content (AvgIpc) is 2.34. The van der Waals surface area contributed by atoms with Crippen LogP contribution in [0.15, 0.2) is 18.2 Å². The van der Waals surface area contributed by atoms with Crippen LogP contribution in [0.3, 0.4) is 0 Å². The second kappa shape index (κ2) is 7.25. The Hall–Kier alpha value is -1.13. The minimum atomic E-state index is -0.238. The monoisotopic (exact) mass is 240 g/mol. The molecule has 3 nitrogen and oxygen atoms in total. The summed E-state index contributed by atoms with van der Waals surface area (Å²) in [7, 11) is 0. The third-order valence-electron chi connectivity index (χ3n) is 2.63. The molecule has 1 aromatic rings. The summed E-state index contributed by atoms with van der Waals surface area (Å²) in [6.07, 6.45) is 0. The smallest absolute Gasteiger partial charge is 0.125 e. The molecule has 0 bridgehead atoms. The van der Waals surface area contributed by atoms with Crippen molar-refractivity contribution in [3.63, 3.8) is 0 Å². The molecule has 0 unspecified atom stereocenters. The molecule has 0 fully saturated rings. The Bertz CT molecular complexity index is 344. The van der Waals surface area contributed by atoms with E-state index in [1.54, 1.807) is 0 Å². The number of nitrogens with two attached hydrogens (primary N) is 1. The Morgan fingerprint density at radius 1 is 1.29 bits per heavy atom. The van der Waals surface area contributed by atoms with Gasteiger partial charge in [-0.05, 0) is 37.6 Å². The largest absolute Gasteiger partial charge is 0.380 e. The first-order chi connectivity index (χ1) is 8.21. The quantitative estimate of drug-likeness (QED) is 0.742. The number of hydrogen-bond donors (Lipinski definition) is 1. The van der Waals surface area contributed by atoms with Crippen molar-refractivity contribution in [1.82, 2.24) is 0 Å². The second-order valence-corrected chi connectivity index (χ2v) is 3.80. The van der Waals surface area contributed by atoms with Gasteiger partial charge in [0.25, 0.3) is 0 Å². The number of ether oxygens (including phenoxy) is 1. The molecule has 2 N–H and O–H groups in total. The highest BCUT2D eigenvalue weighted by Crippen LogP contribution is 2.18. The van der Waals surface area contributed by atoms with E-state index in [2.05, 4.69) is 4.90 Å². The molecule has 4 heteroatoms. The van der Waals surface area contributed by atoms with Crippen LogP contribution in [0.1, 0.15) is 19.4 Å². The van der Waals surface area contributed by atoms with Gasteiger partial charge in [-0.25, -0.2) is 4.39 Å². The number of anilines is 1. The molecule has 0 amide bonds. The van der Waals surface area contributed by atoms with Crippen molar-refractivity contribution in [2.45, 2.75) is 20.4 Å². The molecule has 0 saturated heterocycles. The van der Waals surface area contributed by atoms with Crippen molar-refractivity contribution < 1.29 is 9.13 Å². The first kappa shape index (κ1) is 13.9. The fourth-order valence-corrected chi connectivity index (χ4v) is 1.72. The maximum absolute atomic E-state index is 13.4. The standard InChI is InChI=1S/C13H21FN2O/c1-3-16(5-6-17-4-2)13-8-11(10-15)7-12(14)9-13/h7-9H,3-6,10,15H2,1-2H3. The summed E-state index contributed by atoms with van der Waals surface area (Å²) in [4.78, 5) is 2.08. The number of likely N-dealkylation sites (N-methyl/N-ethyl adjacent to an activating group) is 1. The van der Waals surface area contributed by atoms with Crippen LogP contribution in [0.4, 0.5) is 10.1 Å². The van der Waals surface area contributed by atoms with E-state index in [0.29, 0.717) is 19.8 Å². The zero-order valence-electron chi connectivity index (χ0n) is 10.6. The van der Waals surface area contributed by atoms with Gasteiger partial charge in [-0.1, -0.05) is 0 Å². The fourth-order valence-electron chi connectivity index (χ4n) is 1.72. The van der Waals surface area contributed by atoms with Gasteiger partial charge in [-0.2, -0.15) is 0 Å².